The molecule has 4 nitrogen and oxygen atoms in total. The molecule has 3 aromatic carbocycles. The van der Waals surface area contributed by atoms with E-state index in [0.29, 0.717) is 12.1 Å². The molecular weight excluding hydrogens is 403 g/mol. The summed E-state index contributed by atoms with van der Waals surface area (Å²) in [4.78, 5) is 15.4. The standard InChI is InChI=1S/C27H29FN2O2/c1-5-29(2)24-14-12-21(13-15-24)22-10-11-23(26(28)18-22)19-30(3)25-8-6-7-20(17-25)9-16-27(31)32-4/h6-18H,5,19H2,1-4H3/b16-9+. The number of methoxy groups -OCH3 is 1. The van der Waals surface area contributed by atoms with Gasteiger partial charge in [-0.15, -0.1) is 0 Å². The van der Waals surface area contributed by atoms with Crippen LogP contribution >= 0.6 is 0 Å². The van der Waals surface area contributed by atoms with Crippen LogP contribution in [-0.4, -0.2) is 33.7 Å². The van der Waals surface area contributed by atoms with Gasteiger partial charge in [-0.1, -0.05) is 36.4 Å². The molecule has 0 aliphatic heterocycles. The van der Waals surface area contributed by atoms with E-state index in [1.165, 1.54) is 13.2 Å². The average molecular weight is 433 g/mol. The first-order valence-electron chi connectivity index (χ1n) is 10.6. The number of carbonyl (C=O) groups is 1. The van der Waals surface area contributed by atoms with Gasteiger partial charge in [-0.25, -0.2) is 9.18 Å². The summed E-state index contributed by atoms with van der Waals surface area (Å²) in [5, 5.41) is 0. The van der Waals surface area contributed by atoms with Crippen LogP contribution in [0.2, 0.25) is 0 Å². The van der Waals surface area contributed by atoms with Crippen molar-refractivity contribution in [2.24, 2.45) is 0 Å². The normalized spacial score (nSPS) is 10.9. The summed E-state index contributed by atoms with van der Waals surface area (Å²) in [6, 6.07) is 21.3. The van der Waals surface area contributed by atoms with Crippen LogP contribution in [0, 0.1) is 5.82 Å². The second-order valence-electron chi connectivity index (χ2n) is 7.67. The number of ether oxygens (including phenoxy) is 1. The fourth-order valence-corrected chi connectivity index (χ4v) is 3.39. The highest BCUT2D eigenvalue weighted by atomic mass is 19.1. The van der Waals surface area contributed by atoms with Crippen molar-refractivity contribution >= 4 is 23.4 Å². The predicted molar refractivity (Wildman–Crippen MR) is 130 cm³/mol. The summed E-state index contributed by atoms with van der Waals surface area (Å²) in [6.45, 7) is 3.46. The maximum atomic E-state index is 14.9. The van der Waals surface area contributed by atoms with Crippen molar-refractivity contribution < 1.29 is 13.9 Å². The van der Waals surface area contributed by atoms with Gasteiger partial charge in [0.2, 0.25) is 0 Å². The summed E-state index contributed by atoms with van der Waals surface area (Å²) in [7, 11) is 5.31. The van der Waals surface area contributed by atoms with Gasteiger partial charge >= 0.3 is 5.97 Å². The smallest absolute Gasteiger partial charge is 0.330 e. The van der Waals surface area contributed by atoms with Gasteiger partial charge < -0.3 is 14.5 Å². The van der Waals surface area contributed by atoms with E-state index in [-0.39, 0.29) is 5.82 Å². The number of nitrogens with zero attached hydrogens (tertiary/aromatic N) is 2. The molecule has 0 aliphatic rings. The van der Waals surface area contributed by atoms with Crippen LogP contribution in [0.15, 0.2) is 72.8 Å². The predicted octanol–water partition coefficient (Wildman–Crippen LogP) is 5.77. The van der Waals surface area contributed by atoms with Crippen molar-refractivity contribution in [2.75, 3.05) is 37.5 Å². The van der Waals surface area contributed by atoms with Gasteiger partial charge in [-0.3, -0.25) is 0 Å². The van der Waals surface area contributed by atoms with Crippen LogP contribution < -0.4 is 9.80 Å². The lowest BCUT2D eigenvalue weighted by Crippen LogP contribution is -2.17. The van der Waals surface area contributed by atoms with Gasteiger partial charge in [0.25, 0.3) is 0 Å². The Balaban J connectivity index is 1.73. The monoisotopic (exact) mass is 432 g/mol. The first-order chi connectivity index (χ1) is 15.4. The summed E-state index contributed by atoms with van der Waals surface area (Å²) in [6.07, 6.45) is 3.08. The molecule has 3 rings (SSSR count). The average Bonchev–Trinajstić information content (AvgIpc) is 2.83. The Labute approximate surface area is 189 Å². The maximum Gasteiger partial charge on any atom is 0.330 e. The molecule has 0 bridgehead atoms. The molecule has 0 aromatic heterocycles. The Morgan fingerprint density at radius 1 is 0.938 bits per heavy atom. The Hall–Kier alpha value is -3.60. The molecule has 0 amide bonds. The van der Waals surface area contributed by atoms with Gasteiger partial charge in [0.1, 0.15) is 5.82 Å². The molecule has 166 valence electrons. The van der Waals surface area contributed by atoms with Crippen molar-refractivity contribution in [1.82, 2.24) is 0 Å². The minimum atomic E-state index is -0.405. The fourth-order valence-electron chi connectivity index (χ4n) is 3.39. The molecule has 3 aromatic rings. The Kier molecular flexibility index (Phi) is 7.66. The minimum absolute atomic E-state index is 0.231. The van der Waals surface area contributed by atoms with E-state index in [4.69, 9.17) is 0 Å². The van der Waals surface area contributed by atoms with E-state index in [2.05, 4.69) is 28.7 Å². The van der Waals surface area contributed by atoms with Crippen molar-refractivity contribution in [1.29, 1.82) is 0 Å². The van der Waals surface area contributed by atoms with Crippen LogP contribution in [-0.2, 0) is 16.1 Å². The summed E-state index contributed by atoms with van der Waals surface area (Å²) in [5.41, 5.74) is 5.40. The Morgan fingerprint density at radius 3 is 2.31 bits per heavy atom. The molecule has 0 aliphatic carbocycles. The molecule has 0 atom stereocenters. The molecule has 0 saturated heterocycles. The third-order valence-electron chi connectivity index (χ3n) is 5.50. The van der Waals surface area contributed by atoms with Crippen LogP contribution in [0.25, 0.3) is 17.2 Å². The first kappa shape index (κ1) is 23.1. The van der Waals surface area contributed by atoms with E-state index < -0.39 is 5.97 Å². The second-order valence-corrected chi connectivity index (χ2v) is 7.67. The van der Waals surface area contributed by atoms with Crippen molar-refractivity contribution in [3.8, 4) is 11.1 Å². The lowest BCUT2D eigenvalue weighted by atomic mass is 10.0. The van der Waals surface area contributed by atoms with Gasteiger partial charge in [-0.2, -0.15) is 0 Å². The molecule has 0 N–H and O–H groups in total. The molecule has 0 spiro atoms. The maximum absolute atomic E-state index is 14.9. The molecule has 0 fully saturated rings. The number of esters is 1. The van der Waals surface area contributed by atoms with E-state index in [9.17, 15) is 9.18 Å². The fraction of sp³-hybridized carbons (Fsp3) is 0.222. The zero-order valence-corrected chi connectivity index (χ0v) is 19.0. The van der Waals surface area contributed by atoms with Crippen LogP contribution in [0.5, 0.6) is 0 Å². The number of benzene rings is 3. The van der Waals surface area contributed by atoms with E-state index >= 15 is 0 Å². The van der Waals surface area contributed by atoms with Crippen LogP contribution in [0.1, 0.15) is 18.1 Å². The molecule has 32 heavy (non-hydrogen) atoms. The largest absolute Gasteiger partial charge is 0.466 e. The van der Waals surface area contributed by atoms with Crippen molar-refractivity contribution in [2.45, 2.75) is 13.5 Å². The molecule has 0 saturated carbocycles. The van der Waals surface area contributed by atoms with Crippen molar-refractivity contribution in [3.63, 3.8) is 0 Å². The van der Waals surface area contributed by atoms with Crippen LogP contribution in [0.4, 0.5) is 15.8 Å². The Morgan fingerprint density at radius 2 is 1.66 bits per heavy atom. The minimum Gasteiger partial charge on any atom is -0.466 e. The highest BCUT2D eigenvalue weighted by molar-refractivity contribution is 5.87. The quantitative estimate of drug-likeness (QED) is 0.334. The van der Waals surface area contributed by atoms with E-state index in [1.807, 2.05) is 67.5 Å². The number of anilines is 2. The molecular formula is C27H29FN2O2. The highest BCUT2D eigenvalue weighted by Gasteiger charge is 2.10. The second kappa shape index (κ2) is 10.6. The zero-order valence-electron chi connectivity index (χ0n) is 19.0. The third-order valence-corrected chi connectivity index (χ3v) is 5.50. The van der Waals surface area contributed by atoms with Gasteiger partial charge in [-0.05, 0) is 60.0 Å². The molecule has 0 unspecified atom stereocenters. The molecule has 5 heteroatoms. The summed E-state index contributed by atoms with van der Waals surface area (Å²) in [5.74, 6) is -0.635. The summed E-state index contributed by atoms with van der Waals surface area (Å²) >= 11 is 0. The molecule has 0 radical (unpaired) electrons. The van der Waals surface area contributed by atoms with Crippen LogP contribution in [0.3, 0.4) is 0 Å². The van der Waals surface area contributed by atoms with E-state index in [0.717, 1.165) is 34.6 Å². The van der Waals surface area contributed by atoms with Gasteiger partial charge in [0.05, 0.1) is 7.11 Å². The number of rotatable bonds is 8. The number of hydrogen-bond acceptors (Lipinski definition) is 4. The van der Waals surface area contributed by atoms with Crippen molar-refractivity contribution in [3.05, 3.63) is 89.8 Å². The zero-order chi connectivity index (χ0) is 23.1. The lowest BCUT2D eigenvalue weighted by Gasteiger charge is -2.20. The SMILES string of the molecule is CCN(C)c1ccc(-c2ccc(CN(C)c3cccc(/C=C/C(=O)OC)c3)c(F)c2)cc1. The highest BCUT2D eigenvalue weighted by Crippen LogP contribution is 2.26. The molecule has 0 heterocycles. The number of hydrogen-bond donors (Lipinski definition) is 0. The van der Waals surface area contributed by atoms with E-state index in [1.54, 1.807) is 12.1 Å². The van der Waals surface area contributed by atoms with Gasteiger partial charge in [0.15, 0.2) is 0 Å². The Bertz CT molecular complexity index is 1090. The lowest BCUT2D eigenvalue weighted by molar-refractivity contribution is -0.134. The number of halogens is 1. The first-order valence-corrected chi connectivity index (χ1v) is 10.6. The van der Waals surface area contributed by atoms with Gasteiger partial charge in [0, 0.05) is 50.2 Å². The number of carbonyl (C=O) groups excluding carboxylic acids is 1. The third kappa shape index (κ3) is 5.76. The topological polar surface area (TPSA) is 32.8 Å². The summed E-state index contributed by atoms with van der Waals surface area (Å²) < 4.78 is 19.5.